The van der Waals surface area contributed by atoms with E-state index in [-0.39, 0.29) is 13.0 Å². The van der Waals surface area contributed by atoms with Crippen molar-refractivity contribution in [1.82, 2.24) is 10.6 Å². The second-order valence-electron chi connectivity index (χ2n) is 6.09. The quantitative estimate of drug-likeness (QED) is 0.357. The molecule has 0 bridgehead atoms. The Morgan fingerprint density at radius 1 is 1.29 bits per heavy atom. The highest BCUT2D eigenvalue weighted by atomic mass is 16.5. The maximum absolute atomic E-state index is 12.0. The van der Waals surface area contributed by atoms with Crippen molar-refractivity contribution in [2.45, 2.75) is 25.8 Å². The van der Waals surface area contributed by atoms with E-state index in [0.29, 0.717) is 17.8 Å². The lowest BCUT2D eigenvalue weighted by Gasteiger charge is -2.15. The summed E-state index contributed by atoms with van der Waals surface area (Å²) in [5.74, 6) is -1.52. The largest absolute Gasteiger partial charge is 0.484 e. The van der Waals surface area contributed by atoms with E-state index in [2.05, 4.69) is 10.6 Å². The number of urea groups is 1. The first-order valence-corrected chi connectivity index (χ1v) is 8.49. The van der Waals surface area contributed by atoms with Crippen LogP contribution in [0.2, 0.25) is 0 Å². The number of ether oxygens (including phenoxy) is 1. The molecular weight excluding hydrogens is 370 g/mol. The molecule has 28 heavy (non-hydrogen) atoms. The minimum absolute atomic E-state index is 0.113. The van der Waals surface area contributed by atoms with Crippen molar-refractivity contribution in [1.29, 1.82) is 0 Å². The first-order chi connectivity index (χ1) is 13.3. The number of hydrogen-bond donors (Lipinski definition) is 4. The highest BCUT2D eigenvalue weighted by molar-refractivity contribution is 5.85. The summed E-state index contributed by atoms with van der Waals surface area (Å²) in [6.07, 6.45) is 0.436. The number of primary amides is 1. The van der Waals surface area contributed by atoms with Gasteiger partial charge in [-0.05, 0) is 37.5 Å². The minimum atomic E-state index is -1.20. The molecular formula is C18H21N3O7. The number of carboxylic acids is 1. The lowest BCUT2D eigenvalue weighted by Crippen LogP contribution is -2.43. The van der Waals surface area contributed by atoms with Crippen LogP contribution >= 0.6 is 0 Å². The normalized spacial score (nSPS) is 11.6. The second kappa shape index (κ2) is 9.40. The number of nitrogens with one attached hydrogen (secondary N) is 2. The molecule has 0 unspecified atom stereocenters. The molecule has 0 spiro atoms. The van der Waals surface area contributed by atoms with Crippen molar-refractivity contribution >= 4 is 28.9 Å². The monoisotopic (exact) mass is 391 g/mol. The van der Waals surface area contributed by atoms with Crippen LogP contribution in [0, 0.1) is 6.92 Å². The van der Waals surface area contributed by atoms with E-state index in [1.165, 1.54) is 12.1 Å². The van der Waals surface area contributed by atoms with Crippen LogP contribution in [0.4, 0.5) is 4.79 Å². The molecule has 2 aromatic rings. The smallest absolute Gasteiger partial charge is 0.336 e. The van der Waals surface area contributed by atoms with Gasteiger partial charge in [0.25, 0.3) is 5.91 Å². The van der Waals surface area contributed by atoms with Crippen molar-refractivity contribution in [3.8, 4) is 5.75 Å². The maximum Gasteiger partial charge on any atom is 0.336 e. The number of nitrogens with two attached hydrogens (primary N) is 1. The van der Waals surface area contributed by atoms with Crippen LogP contribution < -0.4 is 26.7 Å². The lowest BCUT2D eigenvalue weighted by atomic mass is 10.1. The van der Waals surface area contributed by atoms with Gasteiger partial charge in [0.2, 0.25) is 0 Å². The fourth-order valence-electron chi connectivity index (χ4n) is 2.56. The Bertz CT molecular complexity index is 938. The molecule has 1 aromatic carbocycles. The van der Waals surface area contributed by atoms with Gasteiger partial charge >= 0.3 is 17.6 Å². The molecule has 10 nitrogen and oxygen atoms in total. The molecule has 0 saturated heterocycles. The Kier molecular flexibility index (Phi) is 6.96. The maximum atomic E-state index is 12.0. The van der Waals surface area contributed by atoms with Crippen molar-refractivity contribution < 1.29 is 28.6 Å². The number of carbonyl (C=O) groups excluding carboxylic acids is 2. The Balaban J connectivity index is 1.91. The molecule has 5 N–H and O–H groups in total. The average Bonchev–Trinajstić information content (AvgIpc) is 2.61. The number of amides is 3. The predicted molar refractivity (Wildman–Crippen MR) is 99.1 cm³/mol. The van der Waals surface area contributed by atoms with Gasteiger partial charge in [-0.1, -0.05) is 0 Å². The van der Waals surface area contributed by atoms with E-state index in [4.69, 9.17) is 14.9 Å². The molecule has 0 fully saturated rings. The number of carboxylic acid groups (broad SMARTS) is 1. The molecule has 1 heterocycles. The van der Waals surface area contributed by atoms with Crippen LogP contribution in [0.3, 0.4) is 0 Å². The van der Waals surface area contributed by atoms with Crippen LogP contribution in [0.15, 0.2) is 33.5 Å². The van der Waals surface area contributed by atoms with Gasteiger partial charge in [-0.15, -0.1) is 0 Å². The van der Waals surface area contributed by atoms with Crippen LogP contribution in [-0.2, 0) is 9.59 Å². The third-order valence-electron chi connectivity index (χ3n) is 3.89. The van der Waals surface area contributed by atoms with Gasteiger partial charge in [0.05, 0.1) is 0 Å². The van der Waals surface area contributed by atoms with Crippen molar-refractivity contribution in [2.75, 3.05) is 13.2 Å². The topological polar surface area (TPSA) is 161 Å². The van der Waals surface area contributed by atoms with E-state index in [9.17, 15) is 24.3 Å². The first-order valence-electron chi connectivity index (χ1n) is 8.49. The van der Waals surface area contributed by atoms with E-state index >= 15 is 0 Å². The Hall–Kier alpha value is -3.56. The summed E-state index contributed by atoms with van der Waals surface area (Å²) in [6, 6.07) is 4.36. The van der Waals surface area contributed by atoms with Gasteiger partial charge < -0.3 is 30.6 Å². The molecule has 150 valence electrons. The number of aryl methyl sites for hydroxylation is 1. The zero-order chi connectivity index (χ0) is 20.7. The summed E-state index contributed by atoms with van der Waals surface area (Å²) in [6.45, 7) is 1.57. The van der Waals surface area contributed by atoms with Crippen LogP contribution in [0.5, 0.6) is 5.75 Å². The van der Waals surface area contributed by atoms with E-state index in [0.717, 1.165) is 10.9 Å². The fourth-order valence-corrected chi connectivity index (χ4v) is 2.56. The Morgan fingerprint density at radius 3 is 2.71 bits per heavy atom. The summed E-state index contributed by atoms with van der Waals surface area (Å²) >= 11 is 0. The predicted octanol–water partition coefficient (Wildman–Crippen LogP) is 0.498. The van der Waals surface area contributed by atoms with Crippen molar-refractivity contribution in [3.05, 3.63) is 40.2 Å². The molecule has 2 rings (SSSR count). The molecule has 3 amide bonds. The van der Waals surface area contributed by atoms with Gasteiger partial charge in [-0.2, -0.15) is 0 Å². The van der Waals surface area contributed by atoms with Crippen molar-refractivity contribution in [2.24, 2.45) is 5.73 Å². The molecule has 1 aromatic heterocycles. The molecule has 0 aliphatic carbocycles. The summed E-state index contributed by atoms with van der Waals surface area (Å²) in [5, 5.41) is 14.6. The molecule has 0 aliphatic rings. The minimum Gasteiger partial charge on any atom is -0.484 e. The summed E-state index contributed by atoms with van der Waals surface area (Å²) < 4.78 is 10.5. The molecule has 10 heteroatoms. The van der Waals surface area contributed by atoms with E-state index < -0.39 is 36.2 Å². The van der Waals surface area contributed by atoms with Gasteiger partial charge in [0.1, 0.15) is 17.4 Å². The summed E-state index contributed by atoms with van der Waals surface area (Å²) in [4.78, 5) is 45.3. The molecule has 0 aliphatic heterocycles. The van der Waals surface area contributed by atoms with Crippen LogP contribution in [-0.4, -0.2) is 42.2 Å². The number of aliphatic carboxylic acids is 1. The third kappa shape index (κ3) is 6.01. The second-order valence-corrected chi connectivity index (χ2v) is 6.09. The fraction of sp³-hybridized carbons (Fsp3) is 0.333. The molecule has 0 radical (unpaired) electrons. The van der Waals surface area contributed by atoms with Crippen LogP contribution in [0.25, 0.3) is 11.0 Å². The number of fused-ring (bicyclic) bond motifs is 1. The number of benzene rings is 1. The van der Waals surface area contributed by atoms with Gasteiger partial charge in [0, 0.05) is 24.1 Å². The third-order valence-corrected chi connectivity index (χ3v) is 3.89. The summed E-state index contributed by atoms with van der Waals surface area (Å²) in [5.41, 5.74) is 5.51. The van der Waals surface area contributed by atoms with Crippen LogP contribution in [0.1, 0.15) is 18.4 Å². The zero-order valence-corrected chi connectivity index (χ0v) is 15.2. The zero-order valence-electron chi connectivity index (χ0n) is 15.2. The highest BCUT2D eigenvalue weighted by Gasteiger charge is 2.19. The highest BCUT2D eigenvalue weighted by Crippen LogP contribution is 2.22. The van der Waals surface area contributed by atoms with Gasteiger partial charge in [0.15, 0.2) is 6.61 Å². The first kappa shape index (κ1) is 20.7. The standard InChI is InChI=1S/C18H21N3O7/c1-10-7-16(23)28-14-8-11(4-5-12(10)14)27-9-15(22)21-13(17(24)25)3-2-6-20-18(19)26/h4-5,7-8,13H,2-3,6,9H2,1H3,(H,21,22)(H,24,25)(H3,19,20,26)/t13-/m0/s1. The SMILES string of the molecule is Cc1cc(=O)oc2cc(OCC(=O)N[C@@H](CCCNC(N)=O)C(=O)O)ccc12. The van der Waals surface area contributed by atoms with Gasteiger partial charge in [-0.25, -0.2) is 14.4 Å². The van der Waals surface area contributed by atoms with Gasteiger partial charge in [-0.3, -0.25) is 4.79 Å². The molecule has 1 atom stereocenters. The summed E-state index contributed by atoms with van der Waals surface area (Å²) in [7, 11) is 0. The number of carbonyl (C=O) groups is 3. The average molecular weight is 391 g/mol. The Morgan fingerprint density at radius 2 is 2.04 bits per heavy atom. The number of rotatable bonds is 9. The van der Waals surface area contributed by atoms with E-state index in [1.807, 2.05) is 0 Å². The lowest BCUT2D eigenvalue weighted by molar-refractivity contribution is -0.142. The Labute approximate surface area is 159 Å². The van der Waals surface area contributed by atoms with Crippen molar-refractivity contribution in [3.63, 3.8) is 0 Å². The van der Waals surface area contributed by atoms with E-state index in [1.54, 1.807) is 19.1 Å². The molecule has 0 saturated carbocycles. The number of hydrogen-bond acceptors (Lipinski definition) is 6.